The van der Waals surface area contributed by atoms with Crippen LogP contribution in [0.25, 0.3) is 5.52 Å². The van der Waals surface area contributed by atoms with E-state index in [9.17, 15) is 9.59 Å². The first-order chi connectivity index (χ1) is 14.2. The fraction of sp³-hybridized carbons (Fsp3) is 0.318. The highest BCUT2D eigenvalue weighted by Crippen LogP contribution is 2.50. The molecule has 1 spiro atoms. The van der Waals surface area contributed by atoms with Crippen LogP contribution >= 0.6 is 0 Å². The Balaban J connectivity index is 1.31. The van der Waals surface area contributed by atoms with E-state index < -0.39 is 5.72 Å². The van der Waals surface area contributed by atoms with Crippen LogP contribution in [-0.4, -0.2) is 56.1 Å². The van der Waals surface area contributed by atoms with E-state index in [0.29, 0.717) is 31.5 Å². The Morgan fingerprint density at radius 1 is 1.17 bits per heavy atom. The summed E-state index contributed by atoms with van der Waals surface area (Å²) in [5.41, 5.74) is 1.85. The molecule has 3 aromatic rings. The molecule has 0 radical (unpaired) electrons. The van der Waals surface area contributed by atoms with Crippen molar-refractivity contribution in [3.63, 3.8) is 0 Å². The van der Waals surface area contributed by atoms with E-state index in [0.717, 1.165) is 11.1 Å². The molecule has 7 nitrogen and oxygen atoms in total. The van der Waals surface area contributed by atoms with Crippen molar-refractivity contribution in [3.8, 4) is 0 Å². The third-order valence-electron chi connectivity index (χ3n) is 6.51. The van der Waals surface area contributed by atoms with Gasteiger partial charge >= 0.3 is 0 Å². The van der Waals surface area contributed by atoms with Gasteiger partial charge in [-0.3, -0.25) is 9.59 Å². The molecule has 3 saturated heterocycles. The number of aromatic nitrogens is 2. The molecule has 146 valence electrons. The van der Waals surface area contributed by atoms with Gasteiger partial charge in [0.05, 0.1) is 24.5 Å². The summed E-state index contributed by atoms with van der Waals surface area (Å²) in [5, 5.41) is 4.18. The first-order valence-corrected chi connectivity index (χ1v) is 9.93. The van der Waals surface area contributed by atoms with Crippen LogP contribution < -0.4 is 0 Å². The standard InChI is InChI=1S/C22H20N4O3/c27-20-13-19-22(25(20)14-18(29-22)15-4-2-1-3-5-15)8-11-24(19)21(28)16-7-10-26-17(12-16)6-9-23-26/h1-7,9-10,12,18-19H,8,11,13-14H2/t18-,19-,22+/m1/s1. The van der Waals surface area contributed by atoms with Gasteiger partial charge < -0.3 is 14.5 Å². The van der Waals surface area contributed by atoms with Crippen molar-refractivity contribution < 1.29 is 14.3 Å². The molecule has 0 aliphatic carbocycles. The number of rotatable bonds is 2. The lowest BCUT2D eigenvalue weighted by Crippen LogP contribution is -2.48. The van der Waals surface area contributed by atoms with Crippen molar-refractivity contribution in [1.82, 2.24) is 19.4 Å². The summed E-state index contributed by atoms with van der Waals surface area (Å²) in [4.78, 5) is 29.8. The highest BCUT2D eigenvalue weighted by atomic mass is 16.5. The van der Waals surface area contributed by atoms with E-state index in [2.05, 4.69) is 5.10 Å². The van der Waals surface area contributed by atoms with Crippen LogP contribution in [-0.2, 0) is 9.53 Å². The lowest BCUT2D eigenvalue weighted by molar-refractivity contribution is -0.138. The number of hydrogen-bond donors (Lipinski definition) is 0. The summed E-state index contributed by atoms with van der Waals surface area (Å²) in [7, 11) is 0. The third-order valence-corrected chi connectivity index (χ3v) is 6.51. The Morgan fingerprint density at radius 3 is 2.90 bits per heavy atom. The van der Waals surface area contributed by atoms with Crippen molar-refractivity contribution in [2.75, 3.05) is 13.1 Å². The summed E-state index contributed by atoms with van der Waals surface area (Å²) < 4.78 is 8.25. The first-order valence-electron chi connectivity index (χ1n) is 9.93. The smallest absolute Gasteiger partial charge is 0.254 e. The van der Waals surface area contributed by atoms with E-state index in [4.69, 9.17) is 4.74 Å². The van der Waals surface area contributed by atoms with Crippen LogP contribution in [0.3, 0.4) is 0 Å². The van der Waals surface area contributed by atoms with Crippen LogP contribution in [0.15, 0.2) is 60.9 Å². The van der Waals surface area contributed by atoms with Gasteiger partial charge in [0.15, 0.2) is 5.72 Å². The predicted octanol–water partition coefficient (Wildman–Crippen LogP) is 2.25. The zero-order valence-corrected chi connectivity index (χ0v) is 15.8. The largest absolute Gasteiger partial charge is 0.343 e. The number of carbonyl (C=O) groups is 2. The van der Waals surface area contributed by atoms with E-state index >= 15 is 0 Å². The number of ether oxygens (including phenoxy) is 1. The SMILES string of the molecule is O=C(c1ccn2nccc2c1)N1CC[C@@]23O[C@@H](c4ccccc4)CN2C(=O)C[C@@H]13. The lowest BCUT2D eigenvalue weighted by atomic mass is 10.1. The minimum atomic E-state index is -0.700. The Bertz CT molecular complexity index is 1130. The number of fused-ring (bicyclic) bond motifs is 1. The summed E-state index contributed by atoms with van der Waals surface area (Å²) >= 11 is 0. The molecular weight excluding hydrogens is 368 g/mol. The van der Waals surface area contributed by atoms with E-state index in [1.807, 2.05) is 52.3 Å². The van der Waals surface area contributed by atoms with Crippen LogP contribution in [0.5, 0.6) is 0 Å². The molecule has 7 heteroatoms. The Labute approximate surface area is 167 Å². The van der Waals surface area contributed by atoms with Crippen molar-refractivity contribution in [3.05, 3.63) is 72.1 Å². The first kappa shape index (κ1) is 16.7. The second-order valence-electron chi connectivity index (χ2n) is 7.95. The topological polar surface area (TPSA) is 67.2 Å². The Kier molecular flexibility index (Phi) is 3.41. The maximum Gasteiger partial charge on any atom is 0.254 e. The zero-order valence-electron chi connectivity index (χ0n) is 15.8. The molecule has 0 unspecified atom stereocenters. The van der Waals surface area contributed by atoms with Gasteiger partial charge in [-0.25, -0.2) is 4.52 Å². The number of likely N-dealkylation sites (tertiary alicyclic amines) is 1. The van der Waals surface area contributed by atoms with Gasteiger partial charge in [-0.1, -0.05) is 30.3 Å². The summed E-state index contributed by atoms with van der Waals surface area (Å²) in [6, 6.07) is 15.2. The van der Waals surface area contributed by atoms with Gasteiger partial charge in [0.25, 0.3) is 5.91 Å². The Hall–Kier alpha value is -3.19. The second-order valence-corrected chi connectivity index (χ2v) is 7.95. The molecule has 3 aliphatic heterocycles. The molecule has 2 aromatic heterocycles. The molecule has 3 fully saturated rings. The molecule has 2 amide bonds. The summed E-state index contributed by atoms with van der Waals surface area (Å²) in [5.74, 6) is 0.00848. The summed E-state index contributed by atoms with van der Waals surface area (Å²) in [6.07, 6.45) is 4.31. The van der Waals surface area contributed by atoms with Crippen LogP contribution in [0.2, 0.25) is 0 Å². The maximum absolute atomic E-state index is 13.3. The predicted molar refractivity (Wildman–Crippen MR) is 104 cm³/mol. The van der Waals surface area contributed by atoms with Crippen LogP contribution in [0.4, 0.5) is 0 Å². The van der Waals surface area contributed by atoms with Crippen LogP contribution in [0.1, 0.15) is 34.9 Å². The fourth-order valence-corrected chi connectivity index (χ4v) is 5.13. The average Bonchev–Trinajstić information content (AvgIpc) is 3.49. The van der Waals surface area contributed by atoms with Crippen molar-refractivity contribution in [1.29, 1.82) is 0 Å². The quantitative estimate of drug-likeness (QED) is 0.675. The number of hydrogen-bond acceptors (Lipinski definition) is 4. The van der Waals surface area contributed by atoms with E-state index in [-0.39, 0.29) is 24.0 Å². The molecule has 29 heavy (non-hydrogen) atoms. The average molecular weight is 388 g/mol. The van der Waals surface area contributed by atoms with Gasteiger partial charge in [-0.05, 0) is 23.8 Å². The summed E-state index contributed by atoms with van der Waals surface area (Å²) in [6.45, 7) is 1.13. The van der Waals surface area contributed by atoms with Crippen molar-refractivity contribution in [2.45, 2.75) is 30.7 Å². The molecule has 0 saturated carbocycles. The molecular formula is C22H20N4O3. The van der Waals surface area contributed by atoms with Crippen molar-refractivity contribution >= 4 is 17.3 Å². The highest BCUT2D eigenvalue weighted by molar-refractivity contribution is 5.96. The molecule has 1 aromatic carbocycles. The fourth-order valence-electron chi connectivity index (χ4n) is 5.13. The molecule has 5 heterocycles. The number of amides is 2. The third kappa shape index (κ3) is 2.31. The molecule has 6 rings (SSSR count). The number of pyridine rings is 1. The number of carbonyl (C=O) groups excluding carboxylic acids is 2. The van der Waals surface area contributed by atoms with Gasteiger partial charge in [0.2, 0.25) is 5.91 Å². The molecule has 0 bridgehead atoms. The van der Waals surface area contributed by atoms with E-state index in [1.165, 1.54) is 0 Å². The Morgan fingerprint density at radius 2 is 2.03 bits per heavy atom. The lowest BCUT2D eigenvalue weighted by Gasteiger charge is -2.32. The van der Waals surface area contributed by atoms with Gasteiger partial charge in [0, 0.05) is 30.9 Å². The zero-order chi connectivity index (χ0) is 19.6. The number of nitrogens with zero attached hydrogens (tertiary/aromatic N) is 4. The van der Waals surface area contributed by atoms with Gasteiger partial charge in [-0.2, -0.15) is 5.10 Å². The molecule has 3 aliphatic rings. The van der Waals surface area contributed by atoms with Gasteiger partial charge in [0.1, 0.15) is 6.10 Å². The molecule has 0 N–H and O–H groups in total. The van der Waals surface area contributed by atoms with Gasteiger partial charge in [-0.15, -0.1) is 0 Å². The van der Waals surface area contributed by atoms with Crippen molar-refractivity contribution in [2.24, 2.45) is 0 Å². The van der Waals surface area contributed by atoms with E-state index in [1.54, 1.807) is 23.0 Å². The normalized spacial score (nSPS) is 28.2. The maximum atomic E-state index is 13.3. The minimum absolute atomic E-state index is 0.0583. The highest BCUT2D eigenvalue weighted by Gasteiger charge is 2.65. The number of benzene rings is 1. The minimum Gasteiger partial charge on any atom is -0.343 e. The second kappa shape index (κ2) is 5.90. The van der Waals surface area contributed by atoms with Crippen LogP contribution in [0, 0.1) is 0 Å². The molecule has 3 atom stereocenters. The monoisotopic (exact) mass is 388 g/mol.